The Hall–Kier alpha value is -8.14. The molecule has 0 saturated heterocycles. The van der Waals surface area contributed by atoms with Gasteiger partial charge in [-0.25, -0.2) is 9.97 Å². The van der Waals surface area contributed by atoms with Gasteiger partial charge in [-0.15, -0.1) is 0 Å². The van der Waals surface area contributed by atoms with Crippen molar-refractivity contribution in [2.45, 2.75) is 0 Å². The summed E-state index contributed by atoms with van der Waals surface area (Å²) in [5.74, 6) is 0.686. The largest absolute Gasteiger partial charge is 0.309 e. The first kappa shape index (κ1) is 34.9. The first-order valence-electron chi connectivity index (χ1n) is 20.8. The Balaban J connectivity index is 1.03. The maximum Gasteiger partial charge on any atom is 0.160 e. The third-order valence-corrected chi connectivity index (χ3v) is 12.2. The van der Waals surface area contributed by atoms with Gasteiger partial charge in [-0.2, -0.15) is 0 Å². The highest BCUT2D eigenvalue weighted by molar-refractivity contribution is 6.20. The molecule has 0 fully saturated rings. The molecule has 0 amide bonds. The Labute approximate surface area is 353 Å². The molecule has 0 aliphatic heterocycles. The number of fused-ring (bicyclic) bond motifs is 7. The van der Waals surface area contributed by atoms with Gasteiger partial charge >= 0.3 is 0 Å². The normalized spacial score (nSPS) is 11.6. The molecule has 0 aliphatic carbocycles. The van der Waals surface area contributed by atoms with Crippen molar-refractivity contribution in [2.75, 3.05) is 0 Å². The molecular weight excluding hydrogens is 739 g/mol. The lowest BCUT2D eigenvalue weighted by molar-refractivity contribution is 1.18. The first-order valence-corrected chi connectivity index (χ1v) is 20.8. The summed E-state index contributed by atoms with van der Waals surface area (Å²) in [5, 5.41) is 9.92. The summed E-state index contributed by atoms with van der Waals surface area (Å²) in [5.41, 5.74) is 13.0. The van der Waals surface area contributed by atoms with E-state index in [1.54, 1.807) is 0 Å². The van der Waals surface area contributed by atoms with Crippen LogP contribution in [0.1, 0.15) is 0 Å². The van der Waals surface area contributed by atoms with E-state index in [1.165, 1.54) is 65.3 Å². The first-order chi connectivity index (χ1) is 30.3. The van der Waals surface area contributed by atoms with Crippen LogP contribution < -0.4 is 0 Å². The Morgan fingerprint density at radius 2 is 0.918 bits per heavy atom. The van der Waals surface area contributed by atoms with Gasteiger partial charge in [0.1, 0.15) is 0 Å². The molecule has 284 valence electrons. The van der Waals surface area contributed by atoms with E-state index < -0.39 is 0 Å². The summed E-state index contributed by atoms with van der Waals surface area (Å²) in [7, 11) is 0. The summed E-state index contributed by atoms with van der Waals surface area (Å²) in [4.78, 5) is 10.7. The lowest BCUT2D eigenvalue weighted by Crippen LogP contribution is -1.97. The topological polar surface area (TPSA) is 30.7 Å². The molecule has 3 nitrogen and oxygen atoms in total. The van der Waals surface area contributed by atoms with Crippen LogP contribution in [0.3, 0.4) is 0 Å². The van der Waals surface area contributed by atoms with Gasteiger partial charge in [-0.1, -0.05) is 188 Å². The average molecular weight is 776 g/mol. The zero-order valence-electron chi connectivity index (χ0n) is 33.2. The minimum absolute atomic E-state index is 0.686. The summed E-state index contributed by atoms with van der Waals surface area (Å²) in [6, 6.07) is 80.4. The molecule has 0 atom stereocenters. The lowest BCUT2D eigenvalue weighted by atomic mass is 9.89. The van der Waals surface area contributed by atoms with E-state index in [0.717, 1.165) is 44.9 Å². The smallest absolute Gasteiger partial charge is 0.160 e. The third kappa shape index (κ3) is 5.82. The monoisotopic (exact) mass is 775 g/mol. The standard InChI is InChI=1S/C58H37N3/c1-3-17-39(18-4-1)52-37-53(47-25-12-11-24-46(47)48-27-15-29-55-57(48)50-26-13-14-28-54(50)61(55)43-20-5-2-6-21-43)60-58(59-52)41-32-30-40(31-33-41)56-45-23-10-8-19-42(45)36-51-44-22-9-7-16-38(44)34-35-49(51)56/h1-37H. The number of hydrogen-bond acceptors (Lipinski definition) is 2. The van der Waals surface area contributed by atoms with E-state index in [0.29, 0.717) is 5.82 Å². The second-order valence-corrected chi connectivity index (χ2v) is 15.7. The quantitative estimate of drug-likeness (QED) is 0.124. The number of rotatable bonds is 6. The SMILES string of the molecule is c1ccc(-c2cc(-c3ccccc3-c3cccc4c3c3ccccc3n4-c3ccccc3)nc(-c3ccc(-c4c5ccccc5cc5c4ccc4ccccc45)cc3)n2)cc1. The van der Waals surface area contributed by atoms with Gasteiger partial charge in [0.05, 0.1) is 22.4 Å². The summed E-state index contributed by atoms with van der Waals surface area (Å²) >= 11 is 0. The molecule has 0 N–H and O–H groups in total. The van der Waals surface area contributed by atoms with Crippen LogP contribution >= 0.6 is 0 Å². The molecule has 0 spiro atoms. The van der Waals surface area contributed by atoms with Gasteiger partial charge in [0.15, 0.2) is 5.82 Å². The minimum Gasteiger partial charge on any atom is -0.309 e. The Kier molecular flexibility index (Phi) is 8.17. The van der Waals surface area contributed by atoms with Crippen molar-refractivity contribution in [3.05, 3.63) is 224 Å². The molecule has 3 heteroatoms. The summed E-state index contributed by atoms with van der Waals surface area (Å²) in [6.45, 7) is 0. The molecule has 2 aromatic heterocycles. The summed E-state index contributed by atoms with van der Waals surface area (Å²) < 4.78 is 2.37. The fourth-order valence-corrected chi connectivity index (χ4v) is 9.43. The fraction of sp³-hybridized carbons (Fsp3) is 0. The van der Waals surface area contributed by atoms with Crippen LogP contribution in [0, 0.1) is 0 Å². The number of benzene rings is 10. The van der Waals surface area contributed by atoms with Gasteiger partial charge in [0.25, 0.3) is 0 Å². The third-order valence-electron chi connectivity index (χ3n) is 12.2. The van der Waals surface area contributed by atoms with Crippen molar-refractivity contribution >= 4 is 54.1 Å². The van der Waals surface area contributed by atoms with Crippen LogP contribution in [0.25, 0.3) is 116 Å². The molecule has 61 heavy (non-hydrogen) atoms. The Morgan fingerprint density at radius 3 is 1.74 bits per heavy atom. The van der Waals surface area contributed by atoms with Crippen molar-refractivity contribution in [1.82, 2.24) is 14.5 Å². The molecule has 12 aromatic rings. The van der Waals surface area contributed by atoms with Crippen molar-refractivity contribution in [3.8, 4) is 61.8 Å². The Morgan fingerprint density at radius 1 is 0.311 bits per heavy atom. The summed E-state index contributed by atoms with van der Waals surface area (Å²) in [6.07, 6.45) is 0. The van der Waals surface area contributed by atoms with Gasteiger partial charge in [-0.05, 0) is 91.0 Å². The van der Waals surface area contributed by atoms with Gasteiger partial charge in [-0.3, -0.25) is 0 Å². The van der Waals surface area contributed by atoms with E-state index in [2.05, 4.69) is 223 Å². The molecular formula is C58H37N3. The van der Waals surface area contributed by atoms with E-state index in [-0.39, 0.29) is 0 Å². The van der Waals surface area contributed by atoms with Gasteiger partial charge in [0, 0.05) is 33.2 Å². The number of nitrogens with zero attached hydrogens (tertiary/aromatic N) is 3. The van der Waals surface area contributed by atoms with E-state index in [4.69, 9.17) is 9.97 Å². The lowest BCUT2D eigenvalue weighted by Gasteiger charge is -2.15. The molecule has 0 bridgehead atoms. The van der Waals surface area contributed by atoms with Crippen LogP contribution in [0.4, 0.5) is 0 Å². The van der Waals surface area contributed by atoms with Crippen LogP contribution in [-0.2, 0) is 0 Å². The van der Waals surface area contributed by atoms with Gasteiger partial charge < -0.3 is 4.57 Å². The second-order valence-electron chi connectivity index (χ2n) is 15.7. The Bertz CT molecular complexity index is 3620. The van der Waals surface area contributed by atoms with Gasteiger partial charge in [0.2, 0.25) is 0 Å². The fourth-order valence-electron chi connectivity index (χ4n) is 9.43. The molecule has 0 saturated carbocycles. The average Bonchev–Trinajstić information content (AvgIpc) is 3.68. The zero-order chi connectivity index (χ0) is 40.3. The van der Waals surface area contributed by atoms with Crippen molar-refractivity contribution in [3.63, 3.8) is 0 Å². The molecule has 0 radical (unpaired) electrons. The van der Waals surface area contributed by atoms with E-state index >= 15 is 0 Å². The molecule has 0 unspecified atom stereocenters. The second kappa shape index (κ2) is 14.3. The van der Waals surface area contributed by atoms with E-state index in [9.17, 15) is 0 Å². The predicted octanol–water partition coefficient (Wildman–Crippen LogP) is 15.4. The van der Waals surface area contributed by atoms with Crippen molar-refractivity contribution in [2.24, 2.45) is 0 Å². The van der Waals surface area contributed by atoms with Crippen molar-refractivity contribution < 1.29 is 0 Å². The maximum atomic E-state index is 5.40. The minimum atomic E-state index is 0.686. The van der Waals surface area contributed by atoms with Crippen LogP contribution in [0.2, 0.25) is 0 Å². The number of para-hydroxylation sites is 2. The number of aromatic nitrogens is 3. The van der Waals surface area contributed by atoms with Crippen LogP contribution in [0.5, 0.6) is 0 Å². The van der Waals surface area contributed by atoms with E-state index in [1.807, 2.05) is 6.07 Å². The highest BCUT2D eigenvalue weighted by Crippen LogP contribution is 2.43. The molecule has 12 rings (SSSR count). The maximum absolute atomic E-state index is 5.40. The highest BCUT2D eigenvalue weighted by Gasteiger charge is 2.20. The van der Waals surface area contributed by atoms with Crippen LogP contribution in [-0.4, -0.2) is 14.5 Å². The van der Waals surface area contributed by atoms with Crippen LogP contribution in [0.15, 0.2) is 224 Å². The molecule has 0 aliphatic rings. The predicted molar refractivity (Wildman–Crippen MR) is 256 cm³/mol. The highest BCUT2D eigenvalue weighted by atomic mass is 15.0. The number of hydrogen-bond donors (Lipinski definition) is 0. The molecule has 2 heterocycles. The van der Waals surface area contributed by atoms with Crippen molar-refractivity contribution in [1.29, 1.82) is 0 Å². The zero-order valence-corrected chi connectivity index (χ0v) is 33.2. The molecule has 10 aromatic carbocycles.